The first kappa shape index (κ1) is 17.0. The van der Waals surface area contributed by atoms with Gasteiger partial charge in [-0.2, -0.15) is 0 Å². The Morgan fingerprint density at radius 1 is 1.16 bits per heavy atom. The van der Waals surface area contributed by atoms with Crippen LogP contribution in [0.1, 0.15) is 11.5 Å². The summed E-state index contributed by atoms with van der Waals surface area (Å²) in [7, 11) is 1.43. The summed E-state index contributed by atoms with van der Waals surface area (Å²) < 4.78 is 29.6. The van der Waals surface area contributed by atoms with Gasteiger partial charge in [-0.3, -0.25) is 4.40 Å². The minimum absolute atomic E-state index is 0.00219. The van der Waals surface area contributed by atoms with E-state index >= 15 is 0 Å². The lowest BCUT2D eigenvalue weighted by molar-refractivity contribution is -0.329. The van der Waals surface area contributed by atoms with Crippen molar-refractivity contribution in [3.05, 3.63) is 41.5 Å². The number of fused-ring (bicyclic) bond motifs is 1. The van der Waals surface area contributed by atoms with Crippen LogP contribution in [0, 0.1) is 18.6 Å². The van der Waals surface area contributed by atoms with Crippen molar-refractivity contribution in [2.45, 2.75) is 12.9 Å². The van der Waals surface area contributed by atoms with Crippen molar-refractivity contribution in [2.75, 3.05) is 18.1 Å². The summed E-state index contributed by atoms with van der Waals surface area (Å²) in [6.07, 6.45) is 1.32. The van der Waals surface area contributed by atoms with Crippen LogP contribution in [-0.4, -0.2) is 36.7 Å². The van der Waals surface area contributed by atoms with Gasteiger partial charge in [-0.25, -0.2) is 18.7 Å². The molecule has 0 aliphatic carbocycles. The molecule has 2 aromatic heterocycles. The van der Waals surface area contributed by atoms with Gasteiger partial charge >= 0.3 is 5.97 Å². The van der Waals surface area contributed by atoms with Gasteiger partial charge in [-0.05, 0) is 19.1 Å². The minimum atomic E-state index is -3.32. The first-order valence-corrected chi connectivity index (χ1v) is 7.14. The third-order valence-corrected chi connectivity index (χ3v) is 3.67. The Morgan fingerprint density at radius 3 is 2.44 bits per heavy atom. The molecule has 0 spiro atoms. The maximum atomic E-state index is 14.5. The molecule has 0 saturated heterocycles. The number of halogens is 2. The number of aryl methyl sites for hydroxylation is 1. The molecular weight excluding hydrogens is 336 g/mol. The number of benzene rings is 1. The molecular formula is C15H15F2N5O3. The van der Waals surface area contributed by atoms with Crippen molar-refractivity contribution in [3.63, 3.8) is 0 Å². The molecule has 0 atom stereocenters. The molecule has 0 unspecified atom stereocenters. The SMILES string of the molecule is CNc1ccc(-c2nc(C(O)(O)O)n3cc(C)nc(N)c23)c(F)c1F. The summed E-state index contributed by atoms with van der Waals surface area (Å²) in [6.45, 7) is 1.58. The number of aliphatic hydroxyl groups is 3. The molecule has 0 amide bonds. The molecule has 10 heteroatoms. The second-order valence-corrected chi connectivity index (χ2v) is 5.44. The van der Waals surface area contributed by atoms with Crippen LogP contribution in [-0.2, 0) is 5.97 Å². The zero-order chi connectivity index (χ0) is 18.5. The van der Waals surface area contributed by atoms with Gasteiger partial charge in [0.05, 0.1) is 11.4 Å². The monoisotopic (exact) mass is 351 g/mol. The molecule has 2 heterocycles. The standard InChI is InChI=1S/C15H15F2N5O3/c1-6-5-22-12(13(18)20-6)11(21-14(22)15(23,24)25)7-3-4-8(19-2)10(17)9(7)16/h3-5,19,23-25H,1-2H3,(H2,18,20). The summed E-state index contributed by atoms with van der Waals surface area (Å²) in [5, 5.41) is 31.1. The smallest absolute Gasteiger partial charge is 0.339 e. The Morgan fingerprint density at radius 2 is 1.84 bits per heavy atom. The predicted molar refractivity (Wildman–Crippen MR) is 85.4 cm³/mol. The van der Waals surface area contributed by atoms with E-state index in [1.165, 1.54) is 25.4 Å². The number of nitrogen functional groups attached to an aromatic ring is 1. The van der Waals surface area contributed by atoms with Crippen LogP contribution in [0.4, 0.5) is 20.3 Å². The molecule has 0 radical (unpaired) electrons. The van der Waals surface area contributed by atoms with Gasteiger partial charge < -0.3 is 26.4 Å². The fourth-order valence-corrected chi connectivity index (χ4v) is 2.61. The molecule has 0 saturated carbocycles. The van der Waals surface area contributed by atoms with Crippen LogP contribution < -0.4 is 11.1 Å². The van der Waals surface area contributed by atoms with Crippen molar-refractivity contribution in [2.24, 2.45) is 0 Å². The lowest BCUT2D eigenvalue weighted by Gasteiger charge is -2.12. The lowest BCUT2D eigenvalue weighted by atomic mass is 10.1. The molecule has 6 N–H and O–H groups in total. The molecule has 3 rings (SSSR count). The molecule has 0 aliphatic heterocycles. The summed E-state index contributed by atoms with van der Waals surface area (Å²) in [6, 6.07) is 2.55. The van der Waals surface area contributed by atoms with Gasteiger partial charge in [0.2, 0.25) is 5.82 Å². The van der Waals surface area contributed by atoms with Gasteiger partial charge in [0.25, 0.3) is 0 Å². The largest absolute Gasteiger partial charge is 0.386 e. The van der Waals surface area contributed by atoms with Gasteiger partial charge in [0.1, 0.15) is 17.0 Å². The normalized spacial score (nSPS) is 12.0. The van der Waals surface area contributed by atoms with Crippen LogP contribution in [0.3, 0.4) is 0 Å². The number of nitrogens with one attached hydrogen (secondary N) is 1. The Kier molecular flexibility index (Phi) is 3.82. The zero-order valence-corrected chi connectivity index (χ0v) is 13.2. The number of nitrogens with two attached hydrogens (primary N) is 1. The highest BCUT2D eigenvalue weighted by atomic mass is 19.2. The molecule has 25 heavy (non-hydrogen) atoms. The van der Waals surface area contributed by atoms with E-state index in [-0.39, 0.29) is 28.3 Å². The van der Waals surface area contributed by atoms with E-state index in [9.17, 15) is 24.1 Å². The quantitative estimate of drug-likeness (QED) is 0.439. The van der Waals surface area contributed by atoms with Gasteiger partial charge in [-0.1, -0.05) is 0 Å². The highest BCUT2D eigenvalue weighted by Gasteiger charge is 2.32. The van der Waals surface area contributed by atoms with Crippen LogP contribution >= 0.6 is 0 Å². The number of nitrogens with zero attached hydrogens (tertiary/aromatic N) is 3. The van der Waals surface area contributed by atoms with Crippen LogP contribution in [0.25, 0.3) is 16.8 Å². The van der Waals surface area contributed by atoms with E-state index in [1.807, 2.05) is 0 Å². The van der Waals surface area contributed by atoms with E-state index in [0.717, 1.165) is 4.40 Å². The van der Waals surface area contributed by atoms with Crippen LogP contribution in [0.5, 0.6) is 0 Å². The van der Waals surface area contributed by atoms with E-state index in [2.05, 4.69) is 15.3 Å². The highest BCUT2D eigenvalue weighted by Crippen LogP contribution is 2.34. The average molecular weight is 351 g/mol. The number of imidazole rings is 1. The molecule has 0 aliphatic rings. The van der Waals surface area contributed by atoms with E-state index in [0.29, 0.717) is 5.69 Å². The lowest BCUT2D eigenvalue weighted by Crippen LogP contribution is -2.27. The Balaban J connectivity index is 2.41. The summed E-state index contributed by atoms with van der Waals surface area (Å²) in [4.78, 5) is 7.87. The zero-order valence-electron chi connectivity index (χ0n) is 13.2. The second kappa shape index (κ2) is 5.62. The van der Waals surface area contributed by atoms with E-state index in [1.54, 1.807) is 6.92 Å². The van der Waals surface area contributed by atoms with Crippen LogP contribution in [0.2, 0.25) is 0 Å². The van der Waals surface area contributed by atoms with Crippen molar-refractivity contribution in [3.8, 4) is 11.3 Å². The van der Waals surface area contributed by atoms with Crippen molar-refractivity contribution in [1.82, 2.24) is 14.4 Å². The van der Waals surface area contributed by atoms with Gasteiger partial charge in [0.15, 0.2) is 11.6 Å². The van der Waals surface area contributed by atoms with Gasteiger partial charge in [-0.15, -0.1) is 0 Å². The van der Waals surface area contributed by atoms with Gasteiger partial charge in [0, 0.05) is 18.8 Å². The number of hydrogen-bond acceptors (Lipinski definition) is 7. The summed E-state index contributed by atoms with van der Waals surface area (Å²) >= 11 is 0. The Labute approximate surface area is 140 Å². The third kappa shape index (κ3) is 2.65. The molecule has 8 nitrogen and oxygen atoms in total. The predicted octanol–water partition coefficient (Wildman–Crippen LogP) is 0.694. The third-order valence-electron chi connectivity index (χ3n) is 3.67. The fraction of sp³-hybridized carbons (Fsp3) is 0.200. The summed E-state index contributed by atoms with van der Waals surface area (Å²) in [5.74, 6) is -6.40. The number of aromatic nitrogens is 3. The first-order chi connectivity index (χ1) is 11.6. The fourth-order valence-electron chi connectivity index (χ4n) is 2.61. The van der Waals surface area contributed by atoms with Crippen molar-refractivity contribution < 1.29 is 24.1 Å². The Bertz CT molecular complexity index is 982. The molecule has 3 aromatic rings. The summed E-state index contributed by atoms with van der Waals surface area (Å²) in [5.41, 5.74) is 5.70. The van der Waals surface area contributed by atoms with Crippen molar-refractivity contribution in [1.29, 1.82) is 0 Å². The topological polar surface area (TPSA) is 129 Å². The maximum Gasteiger partial charge on any atom is 0.339 e. The molecule has 132 valence electrons. The average Bonchev–Trinajstić information content (AvgIpc) is 2.89. The number of rotatable bonds is 3. The van der Waals surface area contributed by atoms with E-state index in [4.69, 9.17) is 5.73 Å². The van der Waals surface area contributed by atoms with E-state index < -0.39 is 23.4 Å². The minimum Gasteiger partial charge on any atom is -0.386 e. The van der Waals surface area contributed by atoms with Crippen LogP contribution in [0.15, 0.2) is 18.3 Å². The highest BCUT2D eigenvalue weighted by molar-refractivity contribution is 5.86. The maximum absolute atomic E-state index is 14.5. The number of anilines is 2. The Hall–Kier alpha value is -2.82. The molecule has 1 aromatic carbocycles. The van der Waals surface area contributed by atoms with Crippen molar-refractivity contribution >= 4 is 17.0 Å². The molecule has 0 fully saturated rings. The first-order valence-electron chi connectivity index (χ1n) is 7.14. The molecule has 0 bridgehead atoms. The number of hydrogen-bond donors (Lipinski definition) is 5. The second-order valence-electron chi connectivity index (χ2n) is 5.44.